The number of hydrogen-bond acceptors (Lipinski definition) is 4. The topological polar surface area (TPSA) is 20.2 Å². The van der Waals surface area contributed by atoms with Crippen molar-refractivity contribution in [2.45, 2.75) is 6.92 Å². The first-order valence-electron chi connectivity index (χ1n) is 1.51. The van der Waals surface area contributed by atoms with Gasteiger partial charge in [0, 0.05) is 15.6 Å². The Morgan fingerprint density at radius 2 is 2.33 bits per heavy atom. The fourth-order valence-corrected chi connectivity index (χ4v) is 1.88. The van der Waals surface area contributed by atoms with Gasteiger partial charge in [-0.1, -0.05) is 17.7 Å². The van der Waals surface area contributed by atoms with Gasteiger partial charge in [0.05, 0.1) is 11.1 Å². The lowest BCUT2D eigenvalue weighted by atomic mass is 11.0. The summed E-state index contributed by atoms with van der Waals surface area (Å²) in [5.41, 5.74) is 0. The monoisotopic (exact) mass is 142 g/mol. The van der Waals surface area contributed by atoms with Gasteiger partial charge >= 0.3 is 0 Å². The second-order valence-corrected chi connectivity index (χ2v) is 4.43. The standard InChI is InChI=1S/C2H6OS3/c1-2-4-6-5-3/h3H,2H2,1H3. The van der Waals surface area contributed by atoms with Crippen LogP contribution in [-0.4, -0.2) is 10.3 Å². The van der Waals surface area contributed by atoms with Crippen LogP contribution in [0.3, 0.4) is 0 Å². The molecule has 1 N–H and O–H groups in total. The van der Waals surface area contributed by atoms with Gasteiger partial charge in [-0.2, -0.15) is 0 Å². The molecule has 0 bridgehead atoms. The van der Waals surface area contributed by atoms with Crippen LogP contribution in [0.4, 0.5) is 0 Å². The van der Waals surface area contributed by atoms with E-state index in [1.54, 1.807) is 10.8 Å². The first-order valence-corrected chi connectivity index (χ1v) is 5.12. The molecule has 0 amide bonds. The van der Waals surface area contributed by atoms with Crippen LogP contribution in [0.2, 0.25) is 0 Å². The Labute approximate surface area is 49.3 Å². The van der Waals surface area contributed by atoms with Gasteiger partial charge in [0.25, 0.3) is 0 Å². The normalized spacial score (nSPS) is 9.00. The van der Waals surface area contributed by atoms with E-state index in [0.29, 0.717) is 0 Å². The molecule has 0 saturated carbocycles. The maximum atomic E-state index is 8.06. The zero-order valence-corrected chi connectivity index (χ0v) is 5.83. The van der Waals surface area contributed by atoms with Gasteiger partial charge in [0.1, 0.15) is 0 Å². The van der Waals surface area contributed by atoms with Crippen molar-refractivity contribution in [3.8, 4) is 0 Å². The maximum absolute atomic E-state index is 8.06. The number of rotatable bonds is 3. The Kier molecular flexibility index (Phi) is 7.02. The van der Waals surface area contributed by atoms with Crippen molar-refractivity contribution in [2.24, 2.45) is 0 Å². The Morgan fingerprint density at radius 1 is 1.67 bits per heavy atom. The van der Waals surface area contributed by atoms with Gasteiger partial charge < -0.3 is 4.55 Å². The third-order valence-electron chi connectivity index (χ3n) is 0.196. The molecule has 0 unspecified atom stereocenters. The SMILES string of the molecule is CCSSSO. The van der Waals surface area contributed by atoms with Crippen LogP contribution < -0.4 is 0 Å². The second kappa shape index (κ2) is 6.01. The summed E-state index contributed by atoms with van der Waals surface area (Å²) in [4.78, 5) is 0. The van der Waals surface area contributed by atoms with E-state index >= 15 is 0 Å². The molecular formula is C2H6OS3. The number of hydrogen-bond donors (Lipinski definition) is 1. The van der Waals surface area contributed by atoms with Crippen LogP contribution in [0.15, 0.2) is 0 Å². The molecule has 0 saturated heterocycles. The zero-order valence-electron chi connectivity index (χ0n) is 3.38. The Hall–Kier alpha value is 1.01. The van der Waals surface area contributed by atoms with Crippen LogP contribution in [0, 0.1) is 0 Å². The Morgan fingerprint density at radius 3 is 2.50 bits per heavy atom. The molecule has 0 aromatic rings. The lowest BCUT2D eigenvalue weighted by Crippen LogP contribution is -1.50. The first-order chi connectivity index (χ1) is 2.91. The molecule has 0 fully saturated rings. The molecule has 38 valence electrons. The quantitative estimate of drug-likeness (QED) is 0.371. The summed E-state index contributed by atoms with van der Waals surface area (Å²) < 4.78 is 8.06. The minimum Gasteiger partial charge on any atom is -0.320 e. The molecule has 0 radical (unpaired) electrons. The minimum atomic E-state index is 0.806. The van der Waals surface area contributed by atoms with Crippen molar-refractivity contribution in [3.05, 3.63) is 0 Å². The summed E-state index contributed by atoms with van der Waals surface area (Å²) in [5, 5.41) is 0. The molecule has 0 aromatic heterocycles. The molecular weight excluding hydrogens is 136 g/mol. The molecule has 4 heteroatoms. The smallest absolute Gasteiger partial charge is 0.0711 e. The Balaban J connectivity index is 2.34. The summed E-state index contributed by atoms with van der Waals surface area (Å²) in [6, 6.07) is 0. The summed E-state index contributed by atoms with van der Waals surface area (Å²) >= 11 is 0.806. The summed E-state index contributed by atoms with van der Waals surface area (Å²) in [6.45, 7) is 2.05. The fourth-order valence-electron chi connectivity index (χ4n) is 0.0696. The highest BCUT2D eigenvalue weighted by Gasteiger charge is 1.78. The second-order valence-electron chi connectivity index (χ2n) is 0.549. The molecule has 0 heterocycles. The zero-order chi connectivity index (χ0) is 4.83. The lowest BCUT2D eigenvalue weighted by molar-refractivity contribution is 0.676. The minimum absolute atomic E-state index is 0.806. The van der Waals surface area contributed by atoms with Crippen LogP contribution in [0.25, 0.3) is 0 Å². The van der Waals surface area contributed by atoms with Crippen LogP contribution >= 0.6 is 31.7 Å². The highest BCUT2D eigenvalue weighted by Crippen LogP contribution is 2.30. The van der Waals surface area contributed by atoms with Crippen LogP contribution in [0.5, 0.6) is 0 Å². The van der Waals surface area contributed by atoms with E-state index in [-0.39, 0.29) is 0 Å². The van der Waals surface area contributed by atoms with E-state index in [4.69, 9.17) is 4.55 Å². The Bertz CT molecular complexity index is 20.8. The molecule has 0 rings (SSSR count). The van der Waals surface area contributed by atoms with Gasteiger partial charge in [-0.15, -0.1) is 0 Å². The molecule has 0 spiro atoms. The molecule has 6 heavy (non-hydrogen) atoms. The molecule has 0 aliphatic rings. The van der Waals surface area contributed by atoms with Gasteiger partial charge in [0.15, 0.2) is 0 Å². The van der Waals surface area contributed by atoms with Crippen molar-refractivity contribution < 1.29 is 4.55 Å². The van der Waals surface area contributed by atoms with E-state index in [9.17, 15) is 0 Å². The summed E-state index contributed by atoms with van der Waals surface area (Å²) in [5.74, 6) is 1.05. The third kappa shape index (κ3) is 5.01. The van der Waals surface area contributed by atoms with Gasteiger partial charge in [-0.3, -0.25) is 0 Å². The van der Waals surface area contributed by atoms with E-state index in [1.807, 2.05) is 6.92 Å². The summed E-state index contributed by atoms with van der Waals surface area (Å²) in [6.07, 6.45) is 0. The molecule has 0 atom stereocenters. The van der Waals surface area contributed by atoms with Crippen molar-refractivity contribution in [3.63, 3.8) is 0 Å². The molecule has 0 aliphatic heterocycles. The van der Waals surface area contributed by atoms with Crippen molar-refractivity contribution in [1.29, 1.82) is 0 Å². The molecule has 0 aliphatic carbocycles. The maximum Gasteiger partial charge on any atom is 0.0711 e. The van der Waals surface area contributed by atoms with Crippen molar-refractivity contribution >= 4 is 31.7 Å². The molecule has 0 aromatic carbocycles. The van der Waals surface area contributed by atoms with Gasteiger partial charge in [0.2, 0.25) is 0 Å². The van der Waals surface area contributed by atoms with Gasteiger partial charge in [-0.25, -0.2) is 0 Å². The van der Waals surface area contributed by atoms with Crippen LogP contribution in [0.1, 0.15) is 6.92 Å². The van der Waals surface area contributed by atoms with Gasteiger partial charge in [-0.05, 0) is 0 Å². The average molecular weight is 142 g/mol. The summed E-state index contributed by atoms with van der Waals surface area (Å²) in [7, 11) is 3.03. The molecule has 1 nitrogen and oxygen atoms in total. The lowest BCUT2D eigenvalue weighted by Gasteiger charge is -1.83. The van der Waals surface area contributed by atoms with Crippen molar-refractivity contribution in [1.82, 2.24) is 0 Å². The van der Waals surface area contributed by atoms with Crippen molar-refractivity contribution in [2.75, 3.05) is 5.75 Å². The predicted molar refractivity (Wildman–Crippen MR) is 35.9 cm³/mol. The largest absolute Gasteiger partial charge is 0.320 e. The third-order valence-corrected chi connectivity index (χ3v) is 3.18. The van der Waals surface area contributed by atoms with E-state index < -0.39 is 0 Å². The highest BCUT2D eigenvalue weighted by atomic mass is 33.5. The first kappa shape index (κ1) is 7.01. The average Bonchev–Trinajstić information content (AvgIpc) is 1.61. The fraction of sp³-hybridized carbons (Fsp3) is 1.00. The van der Waals surface area contributed by atoms with Crippen LogP contribution in [-0.2, 0) is 0 Å². The van der Waals surface area contributed by atoms with E-state index in [0.717, 1.165) is 16.8 Å². The van der Waals surface area contributed by atoms with E-state index in [2.05, 4.69) is 0 Å². The predicted octanol–water partition coefficient (Wildman–Crippen LogP) is 2.51. The van der Waals surface area contributed by atoms with E-state index in [1.165, 1.54) is 9.83 Å². The highest BCUT2D eigenvalue weighted by molar-refractivity contribution is 9.08.